The molecule has 0 unspecified atom stereocenters. The first-order valence-electron chi connectivity index (χ1n) is 5.32. The van der Waals surface area contributed by atoms with Gasteiger partial charge in [-0.3, -0.25) is 9.98 Å². The molecule has 0 spiro atoms. The molecule has 0 radical (unpaired) electrons. The highest BCUT2D eigenvalue weighted by molar-refractivity contribution is 5.74. The molecule has 0 atom stereocenters. The van der Waals surface area contributed by atoms with Gasteiger partial charge in [-0.25, -0.2) is 0 Å². The molecule has 3 heteroatoms. The second-order valence-corrected chi connectivity index (χ2v) is 3.76. The van der Waals surface area contributed by atoms with Gasteiger partial charge in [0.2, 0.25) is 0 Å². The summed E-state index contributed by atoms with van der Waals surface area (Å²) < 4.78 is 0. The number of pyridine rings is 1. The molecule has 0 amide bonds. The summed E-state index contributed by atoms with van der Waals surface area (Å²) in [6.45, 7) is 4.14. The maximum atomic E-state index is 4.49. The number of anilines is 1. The summed E-state index contributed by atoms with van der Waals surface area (Å²) in [7, 11) is 4.04. The average Bonchev–Trinajstić information content (AvgIpc) is 2.20. The number of aliphatic imine (C=N–C) groups is 1. The quantitative estimate of drug-likeness (QED) is 0.707. The van der Waals surface area contributed by atoms with Crippen molar-refractivity contribution >= 4 is 17.6 Å². The highest BCUT2D eigenvalue weighted by Gasteiger charge is 2.05. The van der Waals surface area contributed by atoms with E-state index < -0.39 is 0 Å². The van der Waals surface area contributed by atoms with Gasteiger partial charge in [0.15, 0.2) is 0 Å². The van der Waals surface area contributed by atoms with Gasteiger partial charge in [0, 0.05) is 26.5 Å². The molecular weight excluding hydrogens is 186 g/mol. The van der Waals surface area contributed by atoms with Gasteiger partial charge in [-0.05, 0) is 19.4 Å². The molecule has 0 N–H and O–H groups in total. The van der Waals surface area contributed by atoms with Crippen LogP contribution in [-0.2, 0) is 0 Å². The number of hydrogen-bond acceptors (Lipinski definition) is 3. The molecule has 1 aromatic heterocycles. The van der Waals surface area contributed by atoms with E-state index in [0.29, 0.717) is 0 Å². The molecule has 1 aromatic rings. The third kappa shape index (κ3) is 3.05. The molecule has 3 nitrogen and oxygen atoms in total. The molecule has 0 aliphatic rings. The van der Waals surface area contributed by atoms with Crippen LogP contribution in [-0.4, -0.2) is 25.3 Å². The van der Waals surface area contributed by atoms with Crippen molar-refractivity contribution < 1.29 is 0 Å². The molecule has 15 heavy (non-hydrogen) atoms. The Hall–Kier alpha value is -1.38. The van der Waals surface area contributed by atoms with Crippen LogP contribution in [0.15, 0.2) is 17.3 Å². The van der Waals surface area contributed by atoms with Gasteiger partial charge in [0.05, 0.1) is 11.4 Å². The number of aromatic nitrogens is 1. The van der Waals surface area contributed by atoms with E-state index in [4.69, 9.17) is 0 Å². The maximum absolute atomic E-state index is 4.49. The van der Waals surface area contributed by atoms with Crippen LogP contribution < -0.4 is 4.90 Å². The van der Waals surface area contributed by atoms with E-state index in [2.05, 4.69) is 21.8 Å². The first kappa shape index (κ1) is 11.7. The number of nitrogens with zero attached hydrogens (tertiary/aromatic N) is 3. The predicted octanol–water partition coefficient (Wildman–Crippen LogP) is 2.96. The van der Waals surface area contributed by atoms with E-state index >= 15 is 0 Å². The van der Waals surface area contributed by atoms with E-state index in [0.717, 1.165) is 29.9 Å². The number of hydrogen-bond donors (Lipinski definition) is 0. The molecule has 1 rings (SSSR count). The van der Waals surface area contributed by atoms with Crippen molar-refractivity contribution in [2.75, 3.05) is 19.0 Å². The van der Waals surface area contributed by atoms with Gasteiger partial charge in [-0.2, -0.15) is 0 Å². The molecule has 0 saturated heterocycles. The van der Waals surface area contributed by atoms with Crippen LogP contribution in [0.25, 0.3) is 0 Å². The zero-order chi connectivity index (χ0) is 11.3. The van der Waals surface area contributed by atoms with Crippen molar-refractivity contribution in [2.24, 2.45) is 4.99 Å². The molecule has 1 heterocycles. The van der Waals surface area contributed by atoms with Crippen molar-refractivity contribution in [3.63, 3.8) is 0 Å². The van der Waals surface area contributed by atoms with E-state index in [-0.39, 0.29) is 0 Å². The minimum absolute atomic E-state index is 0.980. The fourth-order valence-electron chi connectivity index (χ4n) is 1.35. The van der Waals surface area contributed by atoms with Crippen LogP contribution in [0.5, 0.6) is 0 Å². The van der Waals surface area contributed by atoms with Crippen LogP contribution in [0.3, 0.4) is 0 Å². The fraction of sp³-hybridized carbons (Fsp3) is 0.500. The molecule has 0 aromatic carbocycles. The number of unbranched alkanes of at least 4 members (excludes halogenated alkanes) is 1. The second-order valence-electron chi connectivity index (χ2n) is 3.76. The summed E-state index contributed by atoms with van der Waals surface area (Å²) in [5.41, 5.74) is 3.08. The Labute approximate surface area is 91.9 Å². The Morgan fingerprint density at radius 3 is 2.80 bits per heavy atom. The van der Waals surface area contributed by atoms with E-state index in [1.165, 1.54) is 0 Å². The fourth-order valence-corrected chi connectivity index (χ4v) is 1.35. The van der Waals surface area contributed by atoms with Crippen molar-refractivity contribution in [2.45, 2.75) is 26.7 Å². The SMILES string of the molecule is CCCC=Nc1c(N(C)C)ccnc1C. The third-order valence-electron chi connectivity index (χ3n) is 2.21. The van der Waals surface area contributed by atoms with Crippen LogP contribution in [0.1, 0.15) is 25.5 Å². The summed E-state index contributed by atoms with van der Waals surface area (Å²) in [6, 6.07) is 1.99. The molecular formula is C12H19N3. The minimum atomic E-state index is 0.980. The van der Waals surface area contributed by atoms with Crippen LogP contribution in [0.4, 0.5) is 11.4 Å². The van der Waals surface area contributed by atoms with Gasteiger partial charge in [-0.1, -0.05) is 13.3 Å². The third-order valence-corrected chi connectivity index (χ3v) is 2.21. The monoisotopic (exact) mass is 205 g/mol. The standard InChI is InChI=1S/C12H19N3/c1-5-6-8-14-12-10(2)13-9-7-11(12)15(3)4/h7-9H,5-6H2,1-4H3. The van der Waals surface area contributed by atoms with Gasteiger partial charge < -0.3 is 4.90 Å². The first-order valence-corrected chi connectivity index (χ1v) is 5.32. The lowest BCUT2D eigenvalue weighted by atomic mass is 10.2. The van der Waals surface area contributed by atoms with Crippen molar-refractivity contribution in [1.82, 2.24) is 4.98 Å². The summed E-state index contributed by atoms with van der Waals surface area (Å²) in [6.07, 6.45) is 5.93. The largest absolute Gasteiger partial charge is 0.376 e. The van der Waals surface area contributed by atoms with Gasteiger partial charge in [-0.15, -0.1) is 0 Å². The van der Waals surface area contributed by atoms with E-state index in [1.54, 1.807) is 0 Å². The molecule has 0 saturated carbocycles. The van der Waals surface area contributed by atoms with Crippen molar-refractivity contribution in [3.8, 4) is 0 Å². The number of rotatable bonds is 4. The zero-order valence-corrected chi connectivity index (χ0v) is 9.99. The molecule has 82 valence electrons. The highest BCUT2D eigenvalue weighted by Crippen LogP contribution is 2.28. The minimum Gasteiger partial charge on any atom is -0.376 e. The summed E-state index contributed by atoms with van der Waals surface area (Å²) >= 11 is 0. The second kappa shape index (κ2) is 5.49. The Bertz CT molecular complexity index is 343. The maximum Gasteiger partial charge on any atom is 0.107 e. The van der Waals surface area contributed by atoms with Gasteiger partial charge in [0.1, 0.15) is 5.69 Å². The Morgan fingerprint density at radius 2 is 2.20 bits per heavy atom. The van der Waals surface area contributed by atoms with Crippen molar-refractivity contribution in [3.05, 3.63) is 18.0 Å². The zero-order valence-electron chi connectivity index (χ0n) is 9.99. The lowest BCUT2D eigenvalue weighted by Gasteiger charge is -2.15. The smallest absolute Gasteiger partial charge is 0.107 e. The Balaban J connectivity index is 3.02. The van der Waals surface area contributed by atoms with Crippen LogP contribution >= 0.6 is 0 Å². The summed E-state index contributed by atoms with van der Waals surface area (Å²) in [4.78, 5) is 10.8. The summed E-state index contributed by atoms with van der Waals surface area (Å²) in [5, 5.41) is 0. The Morgan fingerprint density at radius 1 is 1.47 bits per heavy atom. The normalized spacial score (nSPS) is 10.9. The highest BCUT2D eigenvalue weighted by atomic mass is 15.1. The Kier molecular flexibility index (Phi) is 4.28. The van der Waals surface area contributed by atoms with Gasteiger partial charge >= 0.3 is 0 Å². The predicted molar refractivity (Wildman–Crippen MR) is 66.4 cm³/mol. The summed E-state index contributed by atoms with van der Waals surface area (Å²) in [5.74, 6) is 0. The average molecular weight is 205 g/mol. The van der Waals surface area contributed by atoms with E-state index in [1.807, 2.05) is 39.5 Å². The lowest BCUT2D eigenvalue weighted by Crippen LogP contribution is -2.09. The number of aryl methyl sites for hydroxylation is 1. The molecule has 0 fully saturated rings. The molecule has 0 bridgehead atoms. The van der Waals surface area contributed by atoms with Crippen LogP contribution in [0.2, 0.25) is 0 Å². The van der Waals surface area contributed by atoms with Crippen LogP contribution in [0, 0.1) is 6.92 Å². The molecule has 0 aliphatic heterocycles. The van der Waals surface area contributed by atoms with E-state index in [9.17, 15) is 0 Å². The first-order chi connectivity index (χ1) is 7.16. The molecule has 0 aliphatic carbocycles. The lowest BCUT2D eigenvalue weighted by molar-refractivity contribution is 1.01. The van der Waals surface area contributed by atoms with Gasteiger partial charge in [0.25, 0.3) is 0 Å². The topological polar surface area (TPSA) is 28.5 Å². The van der Waals surface area contributed by atoms with Crippen molar-refractivity contribution in [1.29, 1.82) is 0 Å².